The van der Waals surface area contributed by atoms with E-state index >= 15 is 0 Å². The second-order valence-electron chi connectivity index (χ2n) is 5.61. The number of nitrogens with one attached hydrogen (secondary N) is 2. The van der Waals surface area contributed by atoms with E-state index in [4.69, 9.17) is 0 Å². The van der Waals surface area contributed by atoms with Crippen LogP contribution >= 0.6 is 11.3 Å². The average molecular weight is 341 g/mol. The SMILES string of the molecule is CC(=O)Nc1nc(CN(C)Cc2ncc(-c3ccccc3)[nH]2)cs1. The lowest BCUT2D eigenvalue weighted by molar-refractivity contribution is -0.114. The number of anilines is 1. The van der Waals surface area contributed by atoms with E-state index in [1.54, 1.807) is 0 Å². The van der Waals surface area contributed by atoms with E-state index in [1.807, 2.05) is 36.8 Å². The lowest BCUT2D eigenvalue weighted by Gasteiger charge is -2.13. The highest BCUT2D eigenvalue weighted by Crippen LogP contribution is 2.18. The number of thiazole rings is 1. The highest BCUT2D eigenvalue weighted by molar-refractivity contribution is 7.13. The maximum atomic E-state index is 11.0. The van der Waals surface area contributed by atoms with Crippen molar-refractivity contribution in [3.05, 3.63) is 53.4 Å². The first-order chi connectivity index (χ1) is 11.6. The van der Waals surface area contributed by atoms with Crippen LogP contribution in [0.25, 0.3) is 11.3 Å². The van der Waals surface area contributed by atoms with Crippen LogP contribution in [0.15, 0.2) is 41.9 Å². The molecular weight excluding hydrogens is 322 g/mol. The monoisotopic (exact) mass is 341 g/mol. The van der Waals surface area contributed by atoms with E-state index in [1.165, 1.54) is 18.3 Å². The third-order valence-electron chi connectivity index (χ3n) is 3.40. The molecule has 2 N–H and O–H groups in total. The molecule has 0 aliphatic carbocycles. The van der Waals surface area contributed by atoms with Crippen LogP contribution in [0.5, 0.6) is 0 Å². The molecular formula is C17H19N5OS. The molecule has 0 fully saturated rings. The van der Waals surface area contributed by atoms with Crippen molar-refractivity contribution >= 4 is 22.4 Å². The standard InChI is InChI=1S/C17H19N5OS/c1-12(23)19-17-20-14(11-24-17)9-22(2)10-16-18-8-15(21-16)13-6-4-3-5-7-13/h3-8,11H,9-10H2,1-2H3,(H,18,21)(H,19,20,23). The number of carbonyl (C=O) groups excluding carboxylic acids is 1. The Hall–Kier alpha value is -2.51. The molecule has 2 aromatic heterocycles. The molecule has 1 amide bonds. The Morgan fingerprint density at radius 3 is 2.83 bits per heavy atom. The summed E-state index contributed by atoms with van der Waals surface area (Å²) in [6.45, 7) is 2.87. The number of aromatic amines is 1. The van der Waals surface area contributed by atoms with Crippen LogP contribution in [-0.4, -0.2) is 32.8 Å². The summed E-state index contributed by atoms with van der Waals surface area (Å²) in [6.07, 6.45) is 1.86. The number of hydrogen-bond acceptors (Lipinski definition) is 5. The molecule has 2 heterocycles. The number of benzene rings is 1. The minimum atomic E-state index is -0.103. The fraction of sp³-hybridized carbons (Fsp3) is 0.235. The van der Waals surface area contributed by atoms with Crippen molar-refractivity contribution in [3.63, 3.8) is 0 Å². The molecule has 0 saturated carbocycles. The summed E-state index contributed by atoms with van der Waals surface area (Å²) >= 11 is 1.43. The van der Waals surface area contributed by atoms with Crippen molar-refractivity contribution in [1.82, 2.24) is 19.9 Å². The zero-order chi connectivity index (χ0) is 16.9. The van der Waals surface area contributed by atoms with Crippen molar-refractivity contribution in [2.24, 2.45) is 0 Å². The van der Waals surface area contributed by atoms with Crippen LogP contribution in [0.3, 0.4) is 0 Å². The minimum absolute atomic E-state index is 0.103. The predicted molar refractivity (Wildman–Crippen MR) is 95.6 cm³/mol. The van der Waals surface area contributed by atoms with Crippen LogP contribution < -0.4 is 5.32 Å². The summed E-state index contributed by atoms with van der Waals surface area (Å²) < 4.78 is 0. The Morgan fingerprint density at radius 1 is 1.29 bits per heavy atom. The molecule has 0 radical (unpaired) electrons. The lowest BCUT2D eigenvalue weighted by atomic mass is 10.2. The molecule has 6 nitrogen and oxygen atoms in total. The number of amides is 1. The normalized spacial score (nSPS) is 11.0. The van der Waals surface area contributed by atoms with Gasteiger partial charge in [0.2, 0.25) is 5.91 Å². The van der Waals surface area contributed by atoms with Crippen molar-refractivity contribution in [1.29, 1.82) is 0 Å². The second-order valence-corrected chi connectivity index (χ2v) is 6.47. The number of H-pyrrole nitrogens is 1. The number of imidazole rings is 1. The number of hydrogen-bond donors (Lipinski definition) is 2. The number of nitrogens with zero attached hydrogens (tertiary/aromatic N) is 3. The molecule has 0 spiro atoms. The molecule has 1 aromatic carbocycles. The summed E-state index contributed by atoms with van der Waals surface area (Å²) in [4.78, 5) is 25.4. The van der Waals surface area contributed by atoms with Crippen LogP contribution in [-0.2, 0) is 17.9 Å². The molecule has 124 valence electrons. The first-order valence-electron chi connectivity index (χ1n) is 7.60. The van der Waals surface area contributed by atoms with Gasteiger partial charge in [0.05, 0.1) is 24.1 Å². The number of carbonyl (C=O) groups is 1. The molecule has 0 aliphatic rings. The van der Waals surface area contributed by atoms with Crippen molar-refractivity contribution in [2.45, 2.75) is 20.0 Å². The Bertz CT molecular complexity index is 811. The average Bonchev–Trinajstić information content (AvgIpc) is 3.17. The van der Waals surface area contributed by atoms with Crippen LogP contribution in [0.1, 0.15) is 18.4 Å². The van der Waals surface area contributed by atoms with E-state index in [0.29, 0.717) is 18.2 Å². The quantitative estimate of drug-likeness (QED) is 0.722. The van der Waals surface area contributed by atoms with Gasteiger partial charge in [-0.25, -0.2) is 9.97 Å². The molecule has 0 aliphatic heterocycles. The summed E-state index contributed by atoms with van der Waals surface area (Å²) in [5.74, 6) is 0.807. The van der Waals surface area contributed by atoms with Crippen LogP contribution in [0.2, 0.25) is 0 Å². The van der Waals surface area contributed by atoms with Crippen molar-refractivity contribution in [3.8, 4) is 11.3 Å². The smallest absolute Gasteiger partial charge is 0.223 e. The fourth-order valence-corrected chi connectivity index (χ4v) is 3.13. The highest BCUT2D eigenvalue weighted by atomic mass is 32.1. The topological polar surface area (TPSA) is 73.9 Å². The van der Waals surface area contributed by atoms with Gasteiger partial charge in [-0.1, -0.05) is 30.3 Å². The zero-order valence-corrected chi connectivity index (χ0v) is 14.4. The summed E-state index contributed by atoms with van der Waals surface area (Å²) in [5, 5.41) is 5.29. The Balaban J connectivity index is 1.59. The molecule has 0 unspecified atom stereocenters. The van der Waals surface area contributed by atoms with Gasteiger partial charge in [-0.3, -0.25) is 9.69 Å². The van der Waals surface area contributed by atoms with Crippen molar-refractivity contribution < 1.29 is 4.79 Å². The Labute approximate surface area is 144 Å². The molecule has 0 saturated heterocycles. The summed E-state index contributed by atoms with van der Waals surface area (Å²) in [6, 6.07) is 10.1. The predicted octanol–water partition coefficient (Wildman–Crippen LogP) is 3.12. The van der Waals surface area contributed by atoms with Gasteiger partial charge in [-0.15, -0.1) is 11.3 Å². The van der Waals surface area contributed by atoms with Gasteiger partial charge < -0.3 is 10.3 Å². The van der Waals surface area contributed by atoms with Gasteiger partial charge >= 0.3 is 0 Å². The number of rotatable bonds is 6. The molecule has 0 atom stereocenters. The summed E-state index contributed by atoms with van der Waals surface area (Å²) in [5.41, 5.74) is 3.07. The van der Waals surface area contributed by atoms with E-state index in [2.05, 4.69) is 37.3 Å². The van der Waals surface area contributed by atoms with Gasteiger partial charge in [-0.05, 0) is 12.6 Å². The molecule has 7 heteroatoms. The second kappa shape index (κ2) is 7.37. The third-order valence-corrected chi connectivity index (χ3v) is 4.21. The Morgan fingerprint density at radius 2 is 2.08 bits per heavy atom. The van der Waals surface area contributed by atoms with E-state index in [9.17, 15) is 4.79 Å². The first-order valence-corrected chi connectivity index (χ1v) is 8.48. The third kappa shape index (κ3) is 4.27. The minimum Gasteiger partial charge on any atom is -0.341 e. The van der Waals surface area contributed by atoms with E-state index in [0.717, 1.165) is 22.8 Å². The molecule has 3 rings (SSSR count). The molecule has 24 heavy (non-hydrogen) atoms. The van der Waals surface area contributed by atoms with Gasteiger partial charge in [0.25, 0.3) is 0 Å². The largest absolute Gasteiger partial charge is 0.341 e. The molecule has 0 bridgehead atoms. The van der Waals surface area contributed by atoms with Crippen molar-refractivity contribution in [2.75, 3.05) is 12.4 Å². The van der Waals surface area contributed by atoms with Crippen LogP contribution in [0, 0.1) is 0 Å². The zero-order valence-electron chi connectivity index (χ0n) is 13.6. The van der Waals surface area contributed by atoms with E-state index < -0.39 is 0 Å². The maximum Gasteiger partial charge on any atom is 0.223 e. The van der Waals surface area contributed by atoms with Gasteiger partial charge in [0.15, 0.2) is 5.13 Å². The van der Waals surface area contributed by atoms with Gasteiger partial charge in [-0.2, -0.15) is 0 Å². The summed E-state index contributed by atoms with van der Waals surface area (Å²) in [7, 11) is 2.02. The van der Waals surface area contributed by atoms with Gasteiger partial charge in [0.1, 0.15) is 5.82 Å². The van der Waals surface area contributed by atoms with Gasteiger partial charge in [0, 0.05) is 18.8 Å². The van der Waals surface area contributed by atoms with E-state index in [-0.39, 0.29) is 5.91 Å². The Kier molecular flexibility index (Phi) is 5.02. The fourth-order valence-electron chi connectivity index (χ4n) is 2.38. The number of aromatic nitrogens is 3. The molecule has 3 aromatic rings. The first kappa shape index (κ1) is 16.4. The maximum absolute atomic E-state index is 11.0. The van der Waals surface area contributed by atoms with Crippen LogP contribution in [0.4, 0.5) is 5.13 Å². The highest BCUT2D eigenvalue weighted by Gasteiger charge is 2.09. The lowest BCUT2D eigenvalue weighted by Crippen LogP contribution is -2.18.